The highest BCUT2D eigenvalue weighted by molar-refractivity contribution is 6.33. The van der Waals surface area contributed by atoms with Gasteiger partial charge in [0.1, 0.15) is 0 Å². The maximum atomic E-state index is 11.3. The number of pyridine rings is 1. The maximum Gasteiger partial charge on any atom is 0.411 e. The third kappa shape index (κ3) is 4.96. The van der Waals surface area contributed by atoms with Gasteiger partial charge in [0.25, 0.3) is 0 Å². The van der Waals surface area contributed by atoms with Gasteiger partial charge in [0.15, 0.2) is 6.61 Å². The van der Waals surface area contributed by atoms with Crippen LogP contribution in [0, 0.1) is 6.92 Å². The minimum absolute atomic E-state index is 0.278. The number of rotatable bonds is 5. The molecule has 1 aromatic heterocycles. The number of amides is 1. The highest BCUT2D eigenvalue weighted by Crippen LogP contribution is 2.23. The Labute approximate surface area is 145 Å². The smallest absolute Gasteiger partial charge is 0.411 e. The first kappa shape index (κ1) is 17.7. The van der Waals surface area contributed by atoms with Crippen LogP contribution in [0.25, 0.3) is 0 Å². The van der Waals surface area contributed by atoms with Crippen molar-refractivity contribution >= 4 is 29.1 Å². The summed E-state index contributed by atoms with van der Waals surface area (Å²) in [5.74, 6) is 0. The number of ether oxygens (including phenoxy) is 1. The van der Waals surface area contributed by atoms with E-state index in [9.17, 15) is 4.79 Å². The Morgan fingerprint density at radius 1 is 1.33 bits per heavy atom. The third-order valence-electron chi connectivity index (χ3n) is 3.17. The molecule has 0 spiro atoms. The zero-order chi connectivity index (χ0) is 17.5. The lowest BCUT2D eigenvalue weighted by Gasteiger charge is -2.08. The monoisotopic (exact) mass is 347 g/mol. The first-order chi connectivity index (χ1) is 11.5. The molecule has 0 fully saturated rings. The van der Waals surface area contributed by atoms with Crippen LogP contribution in [0.4, 0.5) is 10.5 Å². The predicted molar refractivity (Wildman–Crippen MR) is 93.5 cm³/mol. The van der Waals surface area contributed by atoms with E-state index in [2.05, 4.69) is 20.2 Å². The molecule has 0 atom stereocenters. The van der Waals surface area contributed by atoms with Crippen molar-refractivity contribution in [1.29, 1.82) is 0 Å². The number of halogens is 1. The SMILES string of the molecule is COC(=O)Nc1cc(C(C)=NOCc2cccc(C)n2)ccc1Cl. The molecular formula is C17H18ClN3O3. The first-order valence-corrected chi connectivity index (χ1v) is 7.61. The number of aromatic nitrogens is 1. The van der Waals surface area contributed by atoms with Gasteiger partial charge < -0.3 is 9.57 Å². The second kappa shape index (κ2) is 8.31. The van der Waals surface area contributed by atoms with Gasteiger partial charge in [0.05, 0.1) is 29.2 Å². The molecule has 1 amide bonds. The molecule has 0 aliphatic carbocycles. The number of nitrogens with zero attached hydrogens (tertiary/aromatic N) is 2. The Balaban J connectivity index is 2.06. The Bertz CT molecular complexity index is 762. The standard InChI is InChI=1S/C17H18ClN3O3/c1-11-5-4-6-14(19-11)10-24-21-12(2)13-7-8-15(18)16(9-13)20-17(22)23-3/h4-9H,10H2,1-3H3,(H,20,22). The summed E-state index contributed by atoms with van der Waals surface area (Å²) in [6, 6.07) is 10.9. The van der Waals surface area contributed by atoms with E-state index < -0.39 is 6.09 Å². The maximum absolute atomic E-state index is 11.3. The van der Waals surface area contributed by atoms with Gasteiger partial charge >= 0.3 is 6.09 Å². The fraction of sp³-hybridized carbons (Fsp3) is 0.235. The Morgan fingerprint density at radius 2 is 2.12 bits per heavy atom. The second-order valence-electron chi connectivity index (χ2n) is 5.03. The van der Waals surface area contributed by atoms with E-state index >= 15 is 0 Å². The van der Waals surface area contributed by atoms with Crippen molar-refractivity contribution in [2.75, 3.05) is 12.4 Å². The van der Waals surface area contributed by atoms with Gasteiger partial charge in [0.2, 0.25) is 0 Å². The zero-order valence-corrected chi connectivity index (χ0v) is 14.4. The van der Waals surface area contributed by atoms with Crippen molar-refractivity contribution in [3.8, 4) is 0 Å². The molecular weight excluding hydrogens is 330 g/mol. The number of oxime groups is 1. The predicted octanol–water partition coefficient (Wildman–Crippen LogP) is 4.16. The molecule has 0 bridgehead atoms. The van der Waals surface area contributed by atoms with Gasteiger partial charge in [-0.1, -0.05) is 28.9 Å². The number of hydrogen-bond donors (Lipinski definition) is 1. The number of nitrogens with one attached hydrogen (secondary N) is 1. The molecule has 7 heteroatoms. The molecule has 0 saturated heterocycles. The summed E-state index contributed by atoms with van der Waals surface area (Å²) < 4.78 is 4.56. The molecule has 1 aromatic carbocycles. The number of carbonyl (C=O) groups excluding carboxylic acids is 1. The summed E-state index contributed by atoms with van der Waals surface area (Å²) in [4.78, 5) is 21.0. The molecule has 1 N–H and O–H groups in total. The van der Waals surface area contributed by atoms with E-state index in [0.29, 0.717) is 16.4 Å². The van der Waals surface area contributed by atoms with Crippen molar-refractivity contribution < 1.29 is 14.4 Å². The first-order valence-electron chi connectivity index (χ1n) is 7.23. The molecule has 0 unspecified atom stereocenters. The molecule has 0 saturated carbocycles. The molecule has 0 aliphatic heterocycles. The third-order valence-corrected chi connectivity index (χ3v) is 3.50. The van der Waals surface area contributed by atoms with Crippen LogP contribution in [-0.2, 0) is 16.2 Å². The van der Waals surface area contributed by atoms with Crippen LogP contribution < -0.4 is 5.32 Å². The van der Waals surface area contributed by atoms with Crippen molar-refractivity contribution in [1.82, 2.24) is 4.98 Å². The topological polar surface area (TPSA) is 72.8 Å². The molecule has 6 nitrogen and oxygen atoms in total. The lowest BCUT2D eigenvalue weighted by atomic mass is 10.1. The molecule has 2 rings (SSSR count). The van der Waals surface area contributed by atoms with Gasteiger partial charge in [-0.25, -0.2) is 4.79 Å². The number of anilines is 1. The van der Waals surface area contributed by atoms with Gasteiger partial charge in [0, 0.05) is 11.3 Å². The summed E-state index contributed by atoms with van der Waals surface area (Å²) >= 11 is 6.05. The largest absolute Gasteiger partial charge is 0.453 e. The van der Waals surface area contributed by atoms with E-state index in [0.717, 1.165) is 17.0 Å². The molecule has 1 heterocycles. The Hall–Kier alpha value is -2.60. The van der Waals surface area contributed by atoms with Crippen molar-refractivity contribution in [3.05, 3.63) is 58.4 Å². The summed E-state index contributed by atoms with van der Waals surface area (Å²) in [5, 5.41) is 7.03. The number of methoxy groups -OCH3 is 1. The minimum atomic E-state index is -0.592. The molecule has 126 valence electrons. The van der Waals surface area contributed by atoms with E-state index in [1.54, 1.807) is 25.1 Å². The highest BCUT2D eigenvalue weighted by atomic mass is 35.5. The lowest BCUT2D eigenvalue weighted by molar-refractivity contribution is 0.127. The van der Waals surface area contributed by atoms with Crippen LogP contribution in [0.15, 0.2) is 41.6 Å². The van der Waals surface area contributed by atoms with Crippen LogP contribution in [0.5, 0.6) is 0 Å². The summed E-state index contributed by atoms with van der Waals surface area (Å²) in [6.07, 6.45) is -0.592. The number of benzene rings is 1. The van der Waals surface area contributed by atoms with Crippen LogP contribution in [0.2, 0.25) is 5.02 Å². The lowest BCUT2D eigenvalue weighted by Crippen LogP contribution is -2.12. The van der Waals surface area contributed by atoms with Crippen molar-refractivity contribution in [2.24, 2.45) is 5.16 Å². The fourth-order valence-corrected chi connectivity index (χ4v) is 2.10. The van der Waals surface area contributed by atoms with Gasteiger partial charge in [-0.15, -0.1) is 0 Å². The van der Waals surface area contributed by atoms with E-state index in [1.807, 2.05) is 25.1 Å². The summed E-state index contributed by atoms with van der Waals surface area (Å²) in [6.45, 7) is 4.00. The van der Waals surface area contributed by atoms with Crippen LogP contribution in [0.1, 0.15) is 23.9 Å². The minimum Gasteiger partial charge on any atom is -0.453 e. The molecule has 0 radical (unpaired) electrons. The summed E-state index contributed by atoms with van der Waals surface area (Å²) in [7, 11) is 1.28. The van der Waals surface area contributed by atoms with Crippen LogP contribution in [0.3, 0.4) is 0 Å². The molecule has 2 aromatic rings. The van der Waals surface area contributed by atoms with Crippen molar-refractivity contribution in [2.45, 2.75) is 20.5 Å². The van der Waals surface area contributed by atoms with E-state index in [4.69, 9.17) is 16.4 Å². The van der Waals surface area contributed by atoms with Gasteiger partial charge in [-0.2, -0.15) is 0 Å². The average molecular weight is 348 g/mol. The zero-order valence-electron chi connectivity index (χ0n) is 13.7. The van der Waals surface area contributed by atoms with E-state index in [-0.39, 0.29) is 6.61 Å². The number of carbonyl (C=O) groups is 1. The Kier molecular flexibility index (Phi) is 6.14. The highest BCUT2D eigenvalue weighted by Gasteiger charge is 2.08. The average Bonchev–Trinajstić information content (AvgIpc) is 2.56. The quantitative estimate of drug-likeness (QED) is 0.651. The summed E-state index contributed by atoms with van der Waals surface area (Å²) in [5.41, 5.74) is 3.58. The number of hydrogen-bond acceptors (Lipinski definition) is 5. The fourth-order valence-electron chi connectivity index (χ4n) is 1.93. The molecule has 24 heavy (non-hydrogen) atoms. The van der Waals surface area contributed by atoms with Gasteiger partial charge in [-0.05, 0) is 38.1 Å². The Morgan fingerprint density at radius 3 is 2.83 bits per heavy atom. The number of aryl methyl sites for hydroxylation is 1. The van der Waals surface area contributed by atoms with Crippen LogP contribution >= 0.6 is 11.6 Å². The van der Waals surface area contributed by atoms with Crippen molar-refractivity contribution in [3.63, 3.8) is 0 Å². The van der Waals surface area contributed by atoms with E-state index in [1.165, 1.54) is 7.11 Å². The van der Waals surface area contributed by atoms with Gasteiger partial charge in [-0.3, -0.25) is 10.3 Å². The second-order valence-corrected chi connectivity index (χ2v) is 5.44. The van der Waals surface area contributed by atoms with Crippen LogP contribution in [-0.4, -0.2) is 23.9 Å². The molecule has 0 aliphatic rings. The normalized spacial score (nSPS) is 11.1.